The Labute approximate surface area is 246 Å². The van der Waals surface area contributed by atoms with E-state index >= 15 is 4.39 Å². The number of nitrogens with one attached hydrogen (secondary N) is 1. The van der Waals surface area contributed by atoms with Crippen molar-refractivity contribution in [2.75, 3.05) is 30.7 Å². The minimum Gasteiger partial charge on any atom is -0.392 e. The Balaban J connectivity index is 1.20. The van der Waals surface area contributed by atoms with Gasteiger partial charge in [0.15, 0.2) is 5.82 Å². The summed E-state index contributed by atoms with van der Waals surface area (Å²) >= 11 is 0. The molecule has 2 fully saturated rings. The molecule has 1 aliphatic heterocycles. The van der Waals surface area contributed by atoms with E-state index in [1.54, 1.807) is 36.7 Å². The van der Waals surface area contributed by atoms with Crippen molar-refractivity contribution in [3.63, 3.8) is 0 Å². The molecule has 3 aromatic heterocycles. The van der Waals surface area contributed by atoms with Crippen molar-refractivity contribution >= 4 is 28.4 Å². The molecular weight excluding hydrogens is 549 g/mol. The number of pyridine rings is 1. The number of hydrogen-bond donors (Lipinski definition) is 3. The van der Waals surface area contributed by atoms with Gasteiger partial charge in [0.2, 0.25) is 11.9 Å². The third-order valence-electron chi connectivity index (χ3n) is 8.22. The molecule has 0 amide bonds. The van der Waals surface area contributed by atoms with Crippen LogP contribution in [0.2, 0.25) is 0 Å². The van der Waals surface area contributed by atoms with Gasteiger partial charge in [0.25, 0.3) is 5.56 Å². The smallest absolute Gasteiger partial charge is 0.265 e. The fourth-order valence-electron chi connectivity index (χ4n) is 5.87. The van der Waals surface area contributed by atoms with Crippen LogP contribution < -0.4 is 16.6 Å². The molecule has 4 heterocycles. The summed E-state index contributed by atoms with van der Waals surface area (Å²) < 4.78 is 18.4. The van der Waals surface area contributed by atoms with Gasteiger partial charge in [0.05, 0.1) is 36.1 Å². The number of halogens is 1. The van der Waals surface area contributed by atoms with E-state index in [9.17, 15) is 9.90 Å². The zero-order valence-corrected chi connectivity index (χ0v) is 23.6. The predicted octanol–water partition coefficient (Wildman–Crippen LogP) is 3.97. The van der Waals surface area contributed by atoms with Gasteiger partial charge in [-0.25, -0.2) is 4.39 Å². The van der Waals surface area contributed by atoms with Crippen molar-refractivity contribution < 1.29 is 9.50 Å². The van der Waals surface area contributed by atoms with Gasteiger partial charge in [-0.2, -0.15) is 20.1 Å². The number of aliphatic hydroxyl groups is 1. The zero-order chi connectivity index (χ0) is 29.5. The standard InChI is InChI=1S/C31H32FN9O2/c32-25-15-21(19-6-7-19)14-20-8-11-41(29(43)27(20)25)26-5-3-4-23(24(26)18-42)28-36-30(33)38-31(37-28)35-22-16-34-40(17-22)13-12-39-9-1-2-10-39/h3-5,8,11,14-17,19,42H,1-2,6-7,9-10,12-13,18H2,(H3,33,35,36,37,38). The number of nitrogens with two attached hydrogens (primary N) is 1. The van der Waals surface area contributed by atoms with Gasteiger partial charge in [-0.05, 0) is 73.8 Å². The second-order valence-electron chi connectivity index (χ2n) is 11.2. The molecule has 1 saturated heterocycles. The van der Waals surface area contributed by atoms with E-state index in [4.69, 9.17) is 5.73 Å². The lowest BCUT2D eigenvalue weighted by Gasteiger charge is -2.16. The van der Waals surface area contributed by atoms with Crippen LogP contribution in [-0.4, -0.2) is 58.9 Å². The van der Waals surface area contributed by atoms with Crippen molar-refractivity contribution in [3.8, 4) is 17.1 Å². The molecular formula is C31H32FN9O2. The van der Waals surface area contributed by atoms with Crippen molar-refractivity contribution in [2.45, 2.75) is 44.8 Å². The maximum absolute atomic E-state index is 15.2. The lowest BCUT2D eigenvalue weighted by molar-refractivity contribution is 0.282. The number of hydrogen-bond acceptors (Lipinski definition) is 9. The third kappa shape index (κ3) is 5.46. The number of anilines is 3. The van der Waals surface area contributed by atoms with Crippen molar-refractivity contribution in [3.05, 3.63) is 82.3 Å². The molecule has 5 aromatic rings. The van der Waals surface area contributed by atoms with Crippen LogP contribution in [0.3, 0.4) is 0 Å². The zero-order valence-electron chi connectivity index (χ0n) is 23.6. The van der Waals surface area contributed by atoms with Gasteiger partial charge in [0.1, 0.15) is 5.82 Å². The number of rotatable bonds is 9. The van der Waals surface area contributed by atoms with Gasteiger partial charge in [-0.1, -0.05) is 18.2 Å². The number of aromatic nitrogens is 6. The van der Waals surface area contributed by atoms with Gasteiger partial charge in [0, 0.05) is 30.1 Å². The molecule has 220 valence electrons. The molecule has 0 spiro atoms. The van der Waals surface area contributed by atoms with Gasteiger partial charge in [-0.3, -0.25) is 14.0 Å². The Kier molecular flexibility index (Phi) is 7.07. The van der Waals surface area contributed by atoms with Crippen LogP contribution in [0.15, 0.2) is 59.8 Å². The summed E-state index contributed by atoms with van der Waals surface area (Å²) in [6.07, 6.45) is 9.75. The second kappa shape index (κ2) is 11.2. The van der Waals surface area contributed by atoms with Crippen LogP contribution in [0.1, 0.15) is 42.7 Å². The SMILES string of the molecule is Nc1nc(Nc2cnn(CCN3CCCC3)c2)nc(-c2cccc(-n3ccc4cc(C5CC5)cc(F)c4c3=O)c2CO)n1. The Morgan fingerprint density at radius 2 is 1.91 bits per heavy atom. The lowest BCUT2D eigenvalue weighted by atomic mass is 10.0. The van der Waals surface area contributed by atoms with E-state index in [1.165, 1.54) is 23.5 Å². The number of aliphatic hydroxyl groups excluding tert-OH is 1. The summed E-state index contributed by atoms with van der Waals surface area (Å²) in [6, 6.07) is 10.2. The summed E-state index contributed by atoms with van der Waals surface area (Å²) in [4.78, 5) is 29.1. The molecule has 0 unspecified atom stereocenters. The van der Waals surface area contributed by atoms with Gasteiger partial charge in [-0.15, -0.1) is 0 Å². The Hall–Kier alpha value is -4.68. The maximum Gasteiger partial charge on any atom is 0.265 e. The van der Waals surface area contributed by atoms with E-state index in [2.05, 4.69) is 30.3 Å². The molecule has 0 atom stereocenters. The molecule has 2 aromatic carbocycles. The number of likely N-dealkylation sites (tertiary alicyclic amines) is 1. The number of nitrogens with zero attached hydrogens (tertiary/aromatic N) is 7. The molecule has 0 radical (unpaired) electrons. The number of benzene rings is 2. The first-order chi connectivity index (χ1) is 21.0. The molecule has 2 aliphatic rings. The van der Waals surface area contributed by atoms with Crippen LogP contribution in [0, 0.1) is 5.82 Å². The quantitative estimate of drug-likeness (QED) is 0.236. The minimum atomic E-state index is -0.541. The highest BCUT2D eigenvalue weighted by molar-refractivity contribution is 5.83. The minimum absolute atomic E-state index is 0.0121. The normalized spacial score (nSPS) is 15.4. The fourth-order valence-corrected chi connectivity index (χ4v) is 5.87. The summed E-state index contributed by atoms with van der Waals surface area (Å²) in [5, 5.41) is 18.6. The van der Waals surface area contributed by atoms with E-state index in [0.717, 1.165) is 44.6 Å². The fraction of sp³-hybridized carbons (Fsp3) is 0.323. The van der Waals surface area contributed by atoms with Gasteiger partial charge < -0.3 is 21.1 Å². The van der Waals surface area contributed by atoms with Crippen LogP contribution >= 0.6 is 0 Å². The van der Waals surface area contributed by atoms with Crippen LogP contribution in [0.5, 0.6) is 0 Å². The Morgan fingerprint density at radius 3 is 2.70 bits per heavy atom. The maximum atomic E-state index is 15.2. The molecule has 1 aliphatic carbocycles. The predicted molar refractivity (Wildman–Crippen MR) is 162 cm³/mol. The third-order valence-corrected chi connectivity index (χ3v) is 8.22. The highest BCUT2D eigenvalue weighted by Crippen LogP contribution is 2.41. The van der Waals surface area contributed by atoms with E-state index in [-0.39, 0.29) is 23.1 Å². The summed E-state index contributed by atoms with van der Waals surface area (Å²) in [6.45, 7) is 3.56. The number of fused-ring (bicyclic) bond motifs is 1. The van der Waals surface area contributed by atoms with E-state index < -0.39 is 18.0 Å². The number of nitrogen functional groups attached to an aromatic ring is 1. The van der Waals surface area contributed by atoms with E-state index in [1.807, 2.05) is 16.9 Å². The summed E-state index contributed by atoms with van der Waals surface area (Å²) in [5.74, 6) is 0.242. The average molecular weight is 582 g/mol. The molecule has 4 N–H and O–H groups in total. The average Bonchev–Trinajstić information content (AvgIpc) is 3.54. The summed E-state index contributed by atoms with van der Waals surface area (Å²) in [5.41, 5.74) is 8.43. The molecule has 12 heteroatoms. The Morgan fingerprint density at radius 1 is 1.07 bits per heavy atom. The largest absolute Gasteiger partial charge is 0.392 e. The monoisotopic (exact) mass is 581 g/mol. The van der Waals surface area contributed by atoms with Crippen LogP contribution in [0.25, 0.3) is 27.8 Å². The van der Waals surface area contributed by atoms with Crippen LogP contribution in [-0.2, 0) is 13.2 Å². The summed E-state index contributed by atoms with van der Waals surface area (Å²) in [7, 11) is 0. The highest BCUT2D eigenvalue weighted by Gasteiger charge is 2.25. The van der Waals surface area contributed by atoms with Gasteiger partial charge >= 0.3 is 0 Å². The van der Waals surface area contributed by atoms with Crippen LogP contribution in [0.4, 0.5) is 22.0 Å². The Bertz CT molecular complexity index is 1880. The highest BCUT2D eigenvalue weighted by atomic mass is 19.1. The van der Waals surface area contributed by atoms with E-state index in [0.29, 0.717) is 33.8 Å². The van der Waals surface area contributed by atoms with Crippen molar-refractivity contribution in [2.24, 2.45) is 0 Å². The molecule has 11 nitrogen and oxygen atoms in total. The molecule has 0 bridgehead atoms. The second-order valence-corrected chi connectivity index (χ2v) is 11.2. The van der Waals surface area contributed by atoms with Crippen molar-refractivity contribution in [1.82, 2.24) is 34.2 Å². The lowest BCUT2D eigenvalue weighted by Crippen LogP contribution is -2.24. The molecule has 7 rings (SSSR count). The first-order valence-electron chi connectivity index (χ1n) is 14.6. The molecule has 1 saturated carbocycles. The molecule has 43 heavy (non-hydrogen) atoms. The topological polar surface area (TPSA) is 140 Å². The first kappa shape index (κ1) is 27.2. The first-order valence-corrected chi connectivity index (χ1v) is 14.6. The van der Waals surface area contributed by atoms with Crippen molar-refractivity contribution in [1.29, 1.82) is 0 Å².